The number of ether oxygens (including phenoxy) is 2. The van der Waals surface area contributed by atoms with Crippen LogP contribution >= 0.6 is 0 Å². The molecule has 0 heterocycles. The summed E-state index contributed by atoms with van der Waals surface area (Å²) in [5, 5.41) is 9.10. The van der Waals surface area contributed by atoms with Crippen molar-refractivity contribution in [1.29, 1.82) is 0 Å². The molecule has 210 valence electrons. The van der Waals surface area contributed by atoms with E-state index in [1.807, 2.05) is 78.9 Å². The fourth-order valence-corrected chi connectivity index (χ4v) is 4.13. The monoisotopic (exact) mass is 564 g/mol. The molecule has 0 fully saturated rings. The minimum absolute atomic E-state index is 0.0319. The second-order valence-corrected chi connectivity index (χ2v) is 9.45. The van der Waals surface area contributed by atoms with E-state index in [9.17, 15) is 9.59 Å². The van der Waals surface area contributed by atoms with Gasteiger partial charge >= 0.3 is 0 Å². The van der Waals surface area contributed by atoms with Crippen LogP contribution in [-0.2, 0) is 0 Å². The van der Waals surface area contributed by atoms with Crippen molar-refractivity contribution in [2.24, 2.45) is 0 Å². The summed E-state index contributed by atoms with van der Waals surface area (Å²) in [6, 6.07) is 48.7. The molecule has 0 saturated heterocycles. The first-order valence-electron chi connectivity index (χ1n) is 13.6. The van der Waals surface area contributed by atoms with Gasteiger partial charge in [0.1, 0.15) is 28.7 Å². The van der Waals surface area contributed by atoms with Crippen LogP contribution in [0.15, 0.2) is 164 Å². The molecule has 6 rings (SSSR count). The molecule has 0 aliphatic carbocycles. The molecule has 0 aliphatic rings. The molecule has 1 N–H and O–H groups in total. The lowest BCUT2D eigenvalue weighted by Crippen LogP contribution is -2.01. The normalized spacial score (nSPS) is 10.1. The zero-order valence-electron chi connectivity index (χ0n) is 23.2. The maximum Gasteiger partial charge on any atom is 0.193 e. The Hall–Kier alpha value is -5.94. The Kier molecular flexibility index (Phi) is 9.38. The largest absolute Gasteiger partial charge is 0.508 e. The summed E-state index contributed by atoms with van der Waals surface area (Å²) in [5.74, 6) is 2.99. The fraction of sp³-hybridized carbons (Fsp3) is 0. The van der Waals surface area contributed by atoms with E-state index >= 15 is 0 Å². The van der Waals surface area contributed by atoms with Gasteiger partial charge in [-0.15, -0.1) is 0 Å². The number of hydrogen-bond donors (Lipinski definition) is 1. The summed E-state index contributed by atoms with van der Waals surface area (Å²) in [4.78, 5) is 24.6. The van der Waals surface area contributed by atoms with Gasteiger partial charge in [-0.1, -0.05) is 66.7 Å². The Bertz CT molecular complexity index is 1660. The predicted molar refractivity (Wildman–Crippen MR) is 167 cm³/mol. The zero-order valence-corrected chi connectivity index (χ0v) is 23.2. The number of aromatic hydroxyl groups is 1. The quantitative estimate of drug-likeness (QED) is 0.187. The number of benzene rings is 6. The molecule has 0 bridgehead atoms. The Balaban J connectivity index is 0.000000207. The van der Waals surface area contributed by atoms with E-state index in [4.69, 9.17) is 14.6 Å². The topological polar surface area (TPSA) is 72.8 Å². The van der Waals surface area contributed by atoms with Crippen LogP contribution < -0.4 is 9.47 Å². The molecule has 0 spiro atoms. The van der Waals surface area contributed by atoms with Crippen LogP contribution in [0.1, 0.15) is 31.8 Å². The summed E-state index contributed by atoms with van der Waals surface area (Å²) >= 11 is 0. The molecule has 0 radical (unpaired) electrons. The van der Waals surface area contributed by atoms with Gasteiger partial charge in [0.15, 0.2) is 11.6 Å². The van der Waals surface area contributed by atoms with E-state index in [2.05, 4.69) is 0 Å². The third-order valence-corrected chi connectivity index (χ3v) is 6.36. The highest BCUT2D eigenvalue weighted by Crippen LogP contribution is 2.24. The fourth-order valence-electron chi connectivity index (χ4n) is 4.13. The van der Waals surface area contributed by atoms with Gasteiger partial charge in [-0.3, -0.25) is 9.59 Å². The van der Waals surface area contributed by atoms with E-state index < -0.39 is 0 Å². The number of ketones is 2. The zero-order chi connectivity index (χ0) is 29.9. The first-order valence-corrected chi connectivity index (χ1v) is 13.6. The molecule has 43 heavy (non-hydrogen) atoms. The van der Waals surface area contributed by atoms with E-state index in [0.29, 0.717) is 33.8 Å². The molecule has 0 amide bonds. The SMILES string of the molecule is O=C(c1ccc(Oc2ccccc2)cc1)c1ccc(Oc2ccccc2)cc1.O=C(c1ccccc1)c1ccc(O)cc1. The molecule has 0 aliphatic heterocycles. The van der Waals surface area contributed by atoms with Crippen molar-refractivity contribution in [1.82, 2.24) is 0 Å². The first kappa shape index (κ1) is 28.6. The number of rotatable bonds is 8. The molecule has 5 heteroatoms. The van der Waals surface area contributed by atoms with E-state index in [0.717, 1.165) is 11.5 Å². The molecule has 0 atom stereocenters. The first-order chi connectivity index (χ1) is 21.0. The van der Waals surface area contributed by atoms with Gasteiger partial charge in [0.25, 0.3) is 0 Å². The molecule has 6 aromatic rings. The van der Waals surface area contributed by atoms with Crippen LogP contribution in [0.5, 0.6) is 28.7 Å². The second kappa shape index (κ2) is 14.1. The Morgan fingerprint density at radius 2 is 0.628 bits per heavy atom. The minimum Gasteiger partial charge on any atom is -0.508 e. The Labute approximate surface area is 250 Å². The van der Waals surface area contributed by atoms with Crippen molar-refractivity contribution in [3.05, 3.63) is 186 Å². The van der Waals surface area contributed by atoms with Gasteiger partial charge in [-0.2, -0.15) is 0 Å². The molecular weight excluding hydrogens is 536 g/mol. The van der Waals surface area contributed by atoms with Gasteiger partial charge in [0.05, 0.1) is 0 Å². The highest BCUT2D eigenvalue weighted by molar-refractivity contribution is 6.09. The summed E-state index contributed by atoms with van der Waals surface area (Å²) in [6.07, 6.45) is 0. The van der Waals surface area contributed by atoms with Gasteiger partial charge in [-0.05, 0) is 97.1 Å². The molecule has 5 nitrogen and oxygen atoms in total. The smallest absolute Gasteiger partial charge is 0.193 e. The van der Waals surface area contributed by atoms with Gasteiger partial charge in [0.2, 0.25) is 0 Å². The van der Waals surface area contributed by atoms with Crippen LogP contribution in [-0.4, -0.2) is 16.7 Å². The minimum atomic E-state index is -0.0440. The number of carbonyl (C=O) groups excluding carboxylic acids is 2. The summed E-state index contributed by atoms with van der Waals surface area (Å²) in [5.41, 5.74) is 2.46. The number of phenols is 1. The third kappa shape index (κ3) is 8.06. The summed E-state index contributed by atoms with van der Waals surface area (Å²) in [7, 11) is 0. The van der Waals surface area contributed by atoms with Crippen LogP contribution in [0, 0.1) is 0 Å². The maximum absolute atomic E-state index is 12.7. The average molecular weight is 565 g/mol. The summed E-state index contributed by atoms with van der Waals surface area (Å²) in [6.45, 7) is 0. The lowest BCUT2D eigenvalue weighted by Gasteiger charge is -2.08. The van der Waals surface area contributed by atoms with Crippen LogP contribution in [0.3, 0.4) is 0 Å². The van der Waals surface area contributed by atoms with E-state index in [1.54, 1.807) is 72.8 Å². The van der Waals surface area contributed by atoms with Crippen molar-refractivity contribution in [3.63, 3.8) is 0 Å². The molecule has 0 aromatic heterocycles. The maximum atomic E-state index is 12.7. The number of para-hydroxylation sites is 2. The van der Waals surface area contributed by atoms with Crippen molar-refractivity contribution >= 4 is 11.6 Å². The van der Waals surface area contributed by atoms with E-state index in [1.165, 1.54) is 12.1 Å². The lowest BCUT2D eigenvalue weighted by molar-refractivity contribution is 0.103. The second-order valence-electron chi connectivity index (χ2n) is 9.45. The van der Waals surface area contributed by atoms with Crippen LogP contribution in [0.25, 0.3) is 0 Å². The Morgan fingerprint density at radius 1 is 0.349 bits per heavy atom. The molecule has 0 unspecified atom stereocenters. The number of hydrogen-bond acceptors (Lipinski definition) is 5. The highest BCUT2D eigenvalue weighted by Gasteiger charge is 2.10. The summed E-state index contributed by atoms with van der Waals surface area (Å²) < 4.78 is 11.5. The van der Waals surface area contributed by atoms with Crippen molar-refractivity contribution in [2.45, 2.75) is 0 Å². The van der Waals surface area contributed by atoms with Crippen molar-refractivity contribution in [3.8, 4) is 28.7 Å². The van der Waals surface area contributed by atoms with Crippen molar-refractivity contribution in [2.75, 3.05) is 0 Å². The average Bonchev–Trinajstić information content (AvgIpc) is 3.07. The van der Waals surface area contributed by atoms with Gasteiger partial charge < -0.3 is 14.6 Å². The molecule has 0 saturated carbocycles. The lowest BCUT2D eigenvalue weighted by atomic mass is 10.0. The van der Waals surface area contributed by atoms with Gasteiger partial charge in [0, 0.05) is 22.3 Å². The van der Waals surface area contributed by atoms with Crippen molar-refractivity contribution < 1.29 is 24.2 Å². The standard InChI is InChI=1S/C25H18O3.C13H10O2/c26-25(19-11-15-23(16-12-19)27-21-7-3-1-4-8-21)20-13-17-24(18-14-20)28-22-9-5-2-6-10-22;14-12-8-6-11(7-9-12)13(15)10-4-2-1-3-5-10/h1-18H;1-9,14H. The number of carbonyl (C=O) groups is 2. The van der Waals surface area contributed by atoms with Gasteiger partial charge in [-0.25, -0.2) is 0 Å². The predicted octanol–water partition coefficient (Wildman–Crippen LogP) is 9.13. The van der Waals surface area contributed by atoms with Crippen LogP contribution in [0.4, 0.5) is 0 Å². The Morgan fingerprint density at radius 3 is 1.00 bits per heavy atom. The van der Waals surface area contributed by atoms with E-state index in [-0.39, 0.29) is 17.3 Å². The number of phenolic OH excluding ortho intramolecular Hbond substituents is 1. The third-order valence-electron chi connectivity index (χ3n) is 6.36. The molecule has 6 aromatic carbocycles. The highest BCUT2D eigenvalue weighted by atomic mass is 16.5. The van der Waals surface area contributed by atoms with Crippen LogP contribution in [0.2, 0.25) is 0 Å². The molecular formula is C38H28O5.